The van der Waals surface area contributed by atoms with Crippen molar-refractivity contribution in [3.8, 4) is 11.5 Å². The molecule has 0 fully saturated rings. The third kappa shape index (κ3) is 9.82. The summed E-state index contributed by atoms with van der Waals surface area (Å²) >= 11 is 18.9. The Hall–Kier alpha value is -3.96. The first-order valence-corrected chi connectivity index (χ1v) is 17.8. The van der Waals surface area contributed by atoms with E-state index in [0.717, 1.165) is 9.87 Å². The number of amides is 2. The van der Waals surface area contributed by atoms with Crippen molar-refractivity contribution >= 4 is 62.3 Å². The molecule has 0 saturated heterocycles. The zero-order chi connectivity index (χ0) is 35.9. The summed E-state index contributed by atoms with van der Waals surface area (Å²) in [5.74, 6) is -0.562. The molecule has 260 valence electrons. The minimum Gasteiger partial charge on any atom is -0.493 e. The molecule has 1 N–H and O–H groups in total. The molecule has 0 unspecified atom stereocenters. The second-order valence-corrected chi connectivity index (χ2v) is 15.3. The van der Waals surface area contributed by atoms with Gasteiger partial charge >= 0.3 is 0 Å². The number of sulfonamides is 1. The number of nitrogens with zero attached hydrogens (tertiary/aromatic N) is 2. The highest BCUT2D eigenvalue weighted by molar-refractivity contribution is 7.92. The molecule has 4 aromatic carbocycles. The normalized spacial score (nSPS) is 12.2. The number of hydrogen-bond acceptors (Lipinski definition) is 6. The largest absolute Gasteiger partial charge is 0.493 e. The number of hydrogen-bond donors (Lipinski definition) is 1. The van der Waals surface area contributed by atoms with Crippen LogP contribution < -0.4 is 19.1 Å². The first-order valence-electron chi connectivity index (χ1n) is 15.2. The van der Waals surface area contributed by atoms with Crippen LogP contribution in [0.4, 0.5) is 5.69 Å². The van der Waals surface area contributed by atoms with Gasteiger partial charge in [0.05, 0.1) is 24.8 Å². The molecular formula is C36H38Cl3N3O6S. The third-order valence-corrected chi connectivity index (χ3v) is 10.1. The van der Waals surface area contributed by atoms with Gasteiger partial charge in [-0.1, -0.05) is 71.2 Å². The first-order chi connectivity index (χ1) is 23.1. The molecule has 1 atom stereocenters. The fraction of sp³-hybridized carbons (Fsp3) is 0.278. The predicted molar refractivity (Wildman–Crippen MR) is 194 cm³/mol. The molecular weight excluding hydrogens is 709 g/mol. The highest BCUT2D eigenvalue weighted by Crippen LogP contribution is 2.33. The molecule has 0 aliphatic carbocycles. The summed E-state index contributed by atoms with van der Waals surface area (Å²) in [5.41, 5.74) is 0.853. The minimum absolute atomic E-state index is 0.116. The van der Waals surface area contributed by atoms with Crippen LogP contribution in [0.3, 0.4) is 0 Å². The van der Waals surface area contributed by atoms with E-state index in [0.29, 0.717) is 21.4 Å². The van der Waals surface area contributed by atoms with E-state index < -0.39 is 40.0 Å². The molecule has 0 spiro atoms. The SMILES string of the molecule is COc1ccc(S(=O)(=O)N(CC(=O)N(Cc2ccc(Cl)cc2Cl)[C@@H](Cc2ccccc2)C(=O)NC(C)(C)C)c2ccc(Cl)cc2)cc1OC. The molecule has 0 heterocycles. The van der Waals surface area contributed by atoms with Crippen molar-refractivity contribution in [3.63, 3.8) is 0 Å². The fourth-order valence-electron chi connectivity index (χ4n) is 5.08. The number of carbonyl (C=O) groups is 2. The van der Waals surface area contributed by atoms with E-state index in [9.17, 15) is 18.0 Å². The molecule has 0 aliphatic rings. The molecule has 0 bridgehead atoms. The van der Waals surface area contributed by atoms with E-state index in [2.05, 4.69) is 5.32 Å². The Kier molecular flexibility index (Phi) is 12.5. The van der Waals surface area contributed by atoms with E-state index in [-0.39, 0.29) is 34.3 Å². The van der Waals surface area contributed by atoms with Crippen molar-refractivity contribution in [1.29, 1.82) is 0 Å². The molecule has 2 amide bonds. The molecule has 0 aliphatic heterocycles. The maximum absolute atomic E-state index is 14.7. The van der Waals surface area contributed by atoms with E-state index in [1.54, 1.807) is 18.2 Å². The molecule has 9 nitrogen and oxygen atoms in total. The average Bonchev–Trinajstić information content (AvgIpc) is 3.05. The molecule has 0 radical (unpaired) electrons. The lowest BCUT2D eigenvalue weighted by Gasteiger charge is -2.35. The van der Waals surface area contributed by atoms with Crippen molar-refractivity contribution in [2.75, 3.05) is 25.1 Å². The quantitative estimate of drug-likeness (QED) is 0.153. The number of nitrogens with one attached hydrogen (secondary N) is 1. The fourth-order valence-corrected chi connectivity index (χ4v) is 7.10. The predicted octanol–water partition coefficient (Wildman–Crippen LogP) is 7.41. The first kappa shape index (κ1) is 37.9. The number of benzene rings is 4. The van der Waals surface area contributed by atoms with Crippen molar-refractivity contribution < 1.29 is 27.5 Å². The number of anilines is 1. The number of ether oxygens (including phenoxy) is 2. The zero-order valence-electron chi connectivity index (χ0n) is 27.7. The van der Waals surface area contributed by atoms with E-state index in [1.165, 1.54) is 61.6 Å². The lowest BCUT2D eigenvalue weighted by molar-refractivity contribution is -0.140. The van der Waals surface area contributed by atoms with Crippen LogP contribution in [0.1, 0.15) is 31.9 Å². The van der Waals surface area contributed by atoms with Crippen molar-refractivity contribution in [1.82, 2.24) is 10.2 Å². The van der Waals surface area contributed by atoms with Crippen LogP contribution in [0.25, 0.3) is 0 Å². The minimum atomic E-state index is -4.41. The third-order valence-electron chi connectivity index (χ3n) is 7.46. The summed E-state index contributed by atoms with van der Waals surface area (Å²) in [6.07, 6.45) is 0.142. The van der Waals surface area contributed by atoms with Gasteiger partial charge in [0.1, 0.15) is 12.6 Å². The Morgan fingerprint density at radius 2 is 1.45 bits per heavy atom. The van der Waals surface area contributed by atoms with E-state index >= 15 is 0 Å². The van der Waals surface area contributed by atoms with Gasteiger partial charge in [-0.25, -0.2) is 8.42 Å². The smallest absolute Gasteiger partial charge is 0.264 e. The van der Waals surface area contributed by atoms with Gasteiger partial charge in [0.25, 0.3) is 10.0 Å². The maximum Gasteiger partial charge on any atom is 0.264 e. The standard InChI is InChI=1S/C36H38Cl3N3O6S/c1-36(2,3)40-35(44)31(19-24-9-7-6-8-10-24)41(22-25-11-12-27(38)20-30(25)39)34(43)23-42(28-15-13-26(37)14-16-28)49(45,46)29-17-18-32(47-4)33(21-29)48-5/h6-18,20-21,31H,19,22-23H2,1-5H3,(H,40,44)/t31-/m0/s1. The molecule has 4 rings (SSSR count). The maximum atomic E-state index is 14.7. The lowest BCUT2D eigenvalue weighted by Crippen LogP contribution is -2.56. The van der Waals surface area contributed by atoms with Crippen LogP contribution in [-0.4, -0.2) is 57.5 Å². The highest BCUT2D eigenvalue weighted by Gasteiger charge is 2.36. The number of rotatable bonds is 13. The van der Waals surface area contributed by atoms with Gasteiger partial charge in [-0.05, 0) is 80.4 Å². The average molecular weight is 747 g/mol. The summed E-state index contributed by atoms with van der Waals surface area (Å²) in [6, 6.07) is 23.3. The molecule has 4 aromatic rings. The van der Waals surface area contributed by atoms with Gasteiger partial charge in [0, 0.05) is 39.6 Å². The van der Waals surface area contributed by atoms with Gasteiger partial charge in [-0.2, -0.15) is 0 Å². The van der Waals surface area contributed by atoms with E-state index in [4.69, 9.17) is 44.3 Å². The Labute approximate surface area is 302 Å². The summed E-state index contributed by atoms with van der Waals surface area (Å²) in [7, 11) is -1.58. The van der Waals surface area contributed by atoms with Gasteiger partial charge in [0.2, 0.25) is 11.8 Å². The lowest BCUT2D eigenvalue weighted by atomic mass is 10.0. The summed E-state index contributed by atoms with van der Waals surface area (Å²) in [5, 5.41) is 4.05. The number of carbonyl (C=O) groups excluding carboxylic acids is 2. The van der Waals surface area contributed by atoms with Gasteiger partial charge < -0.3 is 19.7 Å². The van der Waals surface area contributed by atoms with Gasteiger partial charge in [0.15, 0.2) is 11.5 Å². The highest BCUT2D eigenvalue weighted by atomic mass is 35.5. The Morgan fingerprint density at radius 1 is 0.816 bits per heavy atom. The van der Waals surface area contributed by atoms with E-state index in [1.807, 2.05) is 51.1 Å². The van der Waals surface area contributed by atoms with Gasteiger partial charge in [-0.3, -0.25) is 13.9 Å². The van der Waals surface area contributed by atoms with Crippen LogP contribution >= 0.6 is 34.8 Å². The molecule has 49 heavy (non-hydrogen) atoms. The Balaban J connectivity index is 1.86. The van der Waals surface area contributed by atoms with Crippen LogP contribution in [0.15, 0.2) is 95.9 Å². The second-order valence-electron chi connectivity index (χ2n) is 12.2. The van der Waals surface area contributed by atoms with Crippen LogP contribution in [-0.2, 0) is 32.6 Å². The Bertz CT molecular complexity index is 1880. The summed E-state index contributed by atoms with van der Waals surface area (Å²) in [4.78, 5) is 29.9. The van der Waals surface area contributed by atoms with Crippen molar-refractivity contribution in [2.24, 2.45) is 0 Å². The van der Waals surface area contributed by atoms with Crippen LogP contribution in [0.5, 0.6) is 11.5 Å². The second kappa shape index (κ2) is 16.2. The summed E-state index contributed by atoms with van der Waals surface area (Å²) in [6.45, 7) is 4.73. The Morgan fingerprint density at radius 3 is 2.04 bits per heavy atom. The van der Waals surface area contributed by atoms with Crippen molar-refractivity contribution in [2.45, 2.75) is 50.2 Å². The van der Waals surface area contributed by atoms with Crippen molar-refractivity contribution in [3.05, 3.63) is 117 Å². The number of halogens is 3. The topological polar surface area (TPSA) is 105 Å². The summed E-state index contributed by atoms with van der Waals surface area (Å²) < 4.78 is 40.4. The van der Waals surface area contributed by atoms with Crippen LogP contribution in [0.2, 0.25) is 15.1 Å². The van der Waals surface area contributed by atoms with Gasteiger partial charge in [-0.15, -0.1) is 0 Å². The molecule has 13 heteroatoms. The monoisotopic (exact) mass is 745 g/mol. The molecule has 0 aromatic heterocycles. The zero-order valence-corrected chi connectivity index (χ0v) is 30.8. The number of methoxy groups -OCH3 is 2. The molecule has 0 saturated carbocycles. The van der Waals surface area contributed by atoms with Crippen LogP contribution in [0, 0.1) is 0 Å².